The van der Waals surface area contributed by atoms with Gasteiger partial charge in [0.25, 0.3) is 0 Å². The molecular weight excluding hydrogens is 322 g/mol. The van der Waals surface area contributed by atoms with E-state index < -0.39 is 0 Å². The van der Waals surface area contributed by atoms with Crippen LogP contribution in [0, 0.1) is 0 Å². The number of rotatable bonds is 3. The van der Waals surface area contributed by atoms with E-state index in [1.54, 1.807) is 0 Å². The molecule has 1 heterocycles. The van der Waals surface area contributed by atoms with Gasteiger partial charge < -0.3 is 10.1 Å². The van der Waals surface area contributed by atoms with Gasteiger partial charge in [0.15, 0.2) is 0 Å². The molecule has 5 rings (SSSR count). The predicted molar refractivity (Wildman–Crippen MR) is 105 cm³/mol. The van der Waals surface area contributed by atoms with Crippen LogP contribution in [-0.2, 0) is 16.0 Å². The summed E-state index contributed by atoms with van der Waals surface area (Å²) in [6.07, 6.45) is 5.04. The molecule has 1 fully saturated rings. The third-order valence-electron chi connectivity index (χ3n) is 5.58. The molecule has 1 aliphatic carbocycles. The number of hydrogen-bond donors (Lipinski definition) is 1. The molecule has 0 saturated carbocycles. The monoisotopic (exact) mass is 343 g/mol. The van der Waals surface area contributed by atoms with Crippen molar-refractivity contribution in [2.24, 2.45) is 0 Å². The molecule has 1 atom stereocenters. The summed E-state index contributed by atoms with van der Waals surface area (Å²) in [6.45, 7) is 1.42. The molecule has 1 saturated heterocycles. The Morgan fingerprint density at radius 2 is 1.92 bits per heavy atom. The van der Waals surface area contributed by atoms with Crippen molar-refractivity contribution in [2.75, 3.05) is 13.2 Å². The molecule has 0 bridgehead atoms. The smallest absolute Gasteiger partial charge is 0.247 e. The minimum absolute atomic E-state index is 0.0330. The predicted octanol–water partition coefficient (Wildman–Crippen LogP) is 4.23. The Kier molecular flexibility index (Phi) is 3.75. The molecule has 1 N–H and O–H groups in total. The summed E-state index contributed by atoms with van der Waals surface area (Å²) in [5.74, 6) is 0.0330. The Hall–Kier alpha value is -2.65. The fourth-order valence-corrected chi connectivity index (χ4v) is 4.20. The first-order valence-electron chi connectivity index (χ1n) is 9.33. The molecule has 2 aliphatic rings. The maximum atomic E-state index is 12.6. The molecule has 3 nitrogen and oxygen atoms in total. The van der Waals surface area contributed by atoms with Gasteiger partial charge in [0, 0.05) is 25.1 Å². The largest absolute Gasteiger partial charge is 0.376 e. The van der Waals surface area contributed by atoms with Crippen molar-refractivity contribution in [1.29, 1.82) is 0 Å². The van der Waals surface area contributed by atoms with E-state index in [4.69, 9.17) is 4.74 Å². The van der Waals surface area contributed by atoms with Crippen LogP contribution in [0.2, 0.25) is 0 Å². The van der Waals surface area contributed by atoms with Crippen LogP contribution in [-0.4, -0.2) is 25.2 Å². The Morgan fingerprint density at radius 3 is 2.81 bits per heavy atom. The van der Waals surface area contributed by atoms with Gasteiger partial charge in [-0.2, -0.15) is 0 Å². The first kappa shape index (κ1) is 15.6. The maximum absolute atomic E-state index is 12.6. The average molecular weight is 343 g/mol. The number of hydrogen-bond acceptors (Lipinski definition) is 2. The molecule has 1 aliphatic heterocycles. The Labute approximate surface area is 152 Å². The number of fused-ring (bicyclic) bond motifs is 5. The molecule has 1 unspecified atom stereocenters. The van der Waals surface area contributed by atoms with E-state index in [-0.39, 0.29) is 12.0 Å². The van der Waals surface area contributed by atoms with Crippen LogP contribution in [0.15, 0.2) is 54.1 Å². The molecule has 0 aromatic heterocycles. The lowest BCUT2D eigenvalue weighted by Crippen LogP contribution is -2.32. The first-order valence-corrected chi connectivity index (χ1v) is 9.33. The zero-order valence-corrected chi connectivity index (χ0v) is 14.6. The van der Waals surface area contributed by atoms with Gasteiger partial charge in [-0.1, -0.05) is 48.5 Å². The molecule has 0 spiro atoms. The minimum atomic E-state index is 0.0330. The summed E-state index contributed by atoms with van der Waals surface area (Å²) in [7, 11) is 0. The van der Waals surface area contributed by atoms with Crippen LogP contribution in [0.1, 0.15) is 24.0 Å². The van der Waals surface area contributed by atoms with Gasteiger partial charge in [0.2, 0.25) is 5.91 Å². The van der Waals surface area contributed by atoms with Crippen LogP contribution in [0.25, 0.3) is 27.6 Å². The average Bonchev–Trinajstić information content (AvgIpc) is 3.35. The van der Waals surface area contributed by atoms with Crippen LogP contribution < -0.4 is 5.32 Å². The van der Waals surface area contributed by atoms with Crippen molar-refractivity contribution >= 4 is 33.5 Å². The van der Waals surface area contributed by atoms with E-state index in [0.717, 1.165) is 30.6 Å². The summed E-state index contributed by atoms with van der Waals surface area (Å²) in [6, 6.07) is 17.2. The molecular formula is C23H21NO2. The summed E-state index contributed by atoms with van der Waals surface area (Å²) in [4.78, 5) is 12.6. The van der Waals surface area contributed by atoms with E-state index in [1.165, 1.54) is 27.1 Å². The SMILES string of the molecule is O=C(NCC1CCCO1)C1=Cc2ccc3c(ccc4ccccc43)c2C1. The summed E-state index contributed by atoms with van der Waals surface area (Å²) in [5.41, 5.74) is 3.27. The van der Waals surface area contributed by atoms with Gasteiger partial charge in [-0.3, -0.25) is 4.79 Å². The highest BCUT2D eigenvalue weighted by atomic mass is 16.5. The molecule has 3 heteroatoms. The fourth-order valence-electron chi connectivity index (χ4n) is 4.20. The second-order valence-electron chi connectivity index (χ2n) is 7.21. The quantitative estimate of drug-likeness (QED) is 0.723. The molecule has 0 radical (unpaired) electrons. The molecule has 26 heavy (non-hydrogen) atoms. The van der Waals surface area contributed by atoms with Crippen molar-refractivity contribution in [3.05, 3.63) is 65.2 Å². The van der Waals surface area contributed by atoms with Crippen molar-refractivity contribution < 1.29 is 9.53 Å². The van der Waals surface area contributed by atoms with Crippen LogP contribution >= 0.6 is 0 Å². The van der Waals surface area contributed by atoms with Gasteiger partial charge >= 0.3 is 0 Å². The van der Waals surface area contributed by atoms with Gasteiger partial charge in [-0.05, 0) is 51.6 Å². The summed E-state index contributed by atoms with van der Waals surface area (Å²) >= 11 is 0. The molecule has 1 amide bonds. The van der Waals surface area contributed by atoms with E-state index in [9.17, 15) is 4.79 Å². The minimum Gasteiger partial charge on any atom is -0.376 e. The lowest BCUT2D eigenvalue weighted by Gasteiger charge is -2.11. The van der Waals surface area contributed by atoms with Gasteiger partial charge in [-0.25, -0.2) is 0 Å². The normalized spacial score (nSPS) is 18.9. The topological polar surface area (TPSA) is 38.3 Å². The van der Waals surface area contributed by atoms with Crippen molar-refractivity contribution in [3.63, 3.8) is 0 Å². The summed E-state index contributed by atoms with van der Waals surface area (Å²) in [5, 5.41) is 8.07. The van der Waals surface area contributed by atoms with Crippen LogP contribution in [0.3, 0.4) is 0 Å². The molecule has 130 valence electrons. The van der Waals surface area contributed by atoms with E-state index >= 15 is 0 Å². The van der Waals surface area contributed by atoms with E-state index in [2.05, 4.69) is 53.8 Å². The maximum Gasteiger partial charge on any atom is 0.247 e. The Bertz CT molecular complexity index is 1040. The van der Waals surface area contributed by atoms with Crippen molar-refractivity contribution in [3.8, 4) is 0 Å². The molecule has 3 aromatic carbocycles. The third kappa shape index (κ3) is 2.60. The van der Waals surface area contributed by atoms with E-state index in [1.807, 2.05) is 6.08 Å². The number of amides is 1. The number of ether oxygens (including phenoxy) is 1. The highest BCUT2D eigenvalue weighted by Crippen LogP contribution is 2.35. The Balaban J connectivity index is 1.43. The molecule has 3 aromatic rings. The summed E-state index contributed by atoms with van der Waals surface area (Å²) < 4.78 is 5.59. The second kappa shape index (κ2) is 6.26. The Morgan fingerprint density at radius 1 is 1.04 bits per heavy atom. The van der Waals surface area contributed by atoms with Gasteiger partial charge in [0.1, 0.15) is 0 Å². The zero-order valence-electron chi connectivity index (χ0n) is 14.6. The second-order valence-corrected chi connectivity index (χ2v) is 7.21. The third-order valence-corrected chi connectivity index (χ3v) is 5.58. The van der Waals surface area contributed by atoms with Gasteiger partial charge in [0.05, 0.1) is 6.10 Å². The number of nitrogens with one attached hydrogen (secondary N) is 1. The van der Waals surface area contributed by atoms with Crippen LogP contribution in [0.4, 0.5) is 0 Å². The van der Waals surface area contributed by atoms with Crippen molar-refractivity contribution in [1.82, 2.24) is 5.32 Å². The highest BCUT2D eigenvalue weighted by molar-refractivity contribution is 6.11. The lowest BCUT2D eigenvalue weighted by atomic mass is 9.95. The number of benzene rings is 3. The number of carbonyl (C=O) groups excluding carboxylic acids is 1. The number of carbonyl (C=O) groups is 1. The fraction of sp³-hybridized carbons (Fsp3) is 0.261. The zero-order chi connectivity index (χ0) is 17.5. The van der Waals surface area contributed by atoms with Crippen molar-refractivity contribution in [2.45, 2.75) is 25.4 Å². The standard InChI is InChI=1S/C23H21NO2/c25-23(24-14-18-5-3-11-26-18)17-12-16-8-10-20-19-6-2-1-4-15(19)7-9-21(20)22(16)13-17/h1-2,4,6-10,12,18H,3,5,11,13-14H2,(H,24,25). The van der Waals surface area contributed by atoms with E-state index in [0.29, 0.717) is 13.0 Å². The first-order chi connectivity index (χ1) is 12.8. The lowest BCUT2D eigenvalue weighted by molar-refractivity contribution is -0.118. The van der Waals surface area contributed by atoms with Gasteiger partial charge in [-0.15, -0.1) is 0 Å². The highest BCUT2D eigenvalue weighted by Gasteiger charge is 2.22. The van der Waals surface area contributed by atoms with Crippen LogP contribution in [0.5, 0.6) is 0 Å².